The Balaban J connectivity index is 3.20. The third-order valence-electron chi connectivity index (χ3n) is 8.84. The van der Waals surface area contributed by atoms with Gasteiger partial charge in [0.25, 0.3) is 0 Å². The topological polar surface area (TPSA) is 26.3 Å². The molecular formula is C41H78O2. The zero-order valence-corrected chi connectivity index (χ0v) is 29.7. The van der Waals surface area contributed by atoms with Crippen molar-refractivity contribution in [3.63, 3.8) is 0 Å². The number of carbonyl (C=O) groups is 1. The van der Waals surface area contributed by atoms with Crippen LogP contribution in [0.1, 0.15) is 226 Å². The first-order valence-corrected chi connectivity index (χ1v) is 19.8. The molecule has 0 aliphatic rings. The van der Waals surface area contributed by atoms with E-state index in [1.165, 1.54) is 186 Å². The van der Waals surface area contributed by atoms with Crippen LogP contribution in [-0.4, -0.2) is 12.6 Å². The summed E-state index contributed by atoms with van der Waals surface area (Å²) in [5.74, 6) is 0.0185. The van der Waals surface area contributed by atoms with Crippen molar-refractivity contribution in [3.8, 4) is 0 Å². The summed E-state index contributed by atoms with van der Waals surface area (Å²) in [5, 5.41) is 0. The summed E-state index contributed by atoms with van der Waals surface area (Å²) in [6.07, 6.45) is 52.6. The maximum atomic E-state index is 12.0. The molecule has 254 valence electrons. The molecule has 0 aliphatic heterocycles. The van der Waals surface area contributed by atoms with Gasteiger partial charge < -0.3 is 4.74 Å². The number of carbonyl (C=O) groups excluding carboxylic acids is 1. The number of allylic oxidation sites excluding steroid dienone is 4. The Labute approximate surface area is 271 Å². The first-order valence-electron chi connectivity index (χ1n) is 19.8. The van der Waals surface area contributed by atoms with E-state index >= 15 is 0 Å². The van der Waals surface area contributed by atoms with E-state index in [0.717, 1.165) is 19.3 Å². The summed E-state index contributed by atoms with van der Waals surface area (Å²) < 4.78 is 5.45. The highest BCUT2D eigenvalue weighted by Gasteiger charge is 2.02. The average molecular weight is 603 g/mol. The summed E-state index contributed by atoms with van der Waals surface area (Å²) in [7, 11) is 0. The Morgan fingerprint density at radius 1 is 0.395 bits per heavy atom. The summed E-state index contributed by atoms with van der Waals surface area (Å²) >= 11 is 0. The van der Waals surface area contributed by atoms with Gasteiger partial charge in [-0.2, -0.15) is 0 Å². The molecule has 0 rings (SSSR count). The largest absolute Gasteiger partial charge is 0.466 e. The molecule has 0 amide bonds. The van der Waals surface area contributed by atoms with Gasteiger partial charge >= 0.3 is 5.97 Å². The van der Waals surface area contributed by atoms with Crippen LogP contribution in [0.25, 0.3) is 0 Å². The van der Waals surface area contributed by atoms with E-state index in [9.17, 15) is 4.79 Å². The second kappa shape index (κ2) is 39.0. The van der Waals surface area contributed by atoms with Crippen LogP contribution in [0.15, 0.2) is 24.3 Å². The van der Waals surface area contributed by atoms with E-state index in [4.69, 9.17) is 4.74 Å². The fourth-order valence-corrected chi connectivity index (χ4v) is 5.87. The predicted octanol–water partition coefficient (Wildman–Crippen LogP) is 14.6. The van der Waals surface area contributed by atoms with Crippen LogP contribution >= 0.6 is 0 Å². The van der Waals surface area contributed by atoms with Crippen molar-refractivity contribution in [1.82, 2.24) is 0 Å². The number of unbranched alkanes of at least 4 members (excludes halogenated alkanes) is 28. The zero-order valence-electron chi connectivity index (χ0n) is 29.7. The lowest BCUT2D eigenvalue weighted by atomic mass is 10.0. The molecule has 0 aromatic rings. The quantitative estimate of drug-likeness (QED) is 0.0405. The molecule has 2 heteroatoms. The summed E-state index contributed by atoms with van der Waals surface area (Å²) in [6, 6.07) is 0. The monoisotopic (exact) mass is 603 g/mol. The zero-order chi connectivity index (χ0) is 31.2. The molecule has 2 nitrogen and oxygen atoms in total. The van der Waals surface area contributed by atoms with E-state index < -0.39 is 0 Å². The van der Waals surface area contributed by atoms with Crippen LogP contribution < -0.4 is 0 Å². The van der Waals surface area contributed by atoms with Crippen LogP contribution in [0.5, 0.6) is 0 Å². The fourth-order valence-electron chi connectivity index (χ4n) is 5.87. The van der Waals surface area contributed by atoms with Crippen LogP contribution in [0.2, 0.25) is 0 Å². The molecule has 0 aliphatic carbocycles. The molecule has 0 unspecified atom stereocenters. The molecule has 0 aromatic carbocycles. The standard InChI is InChI=1S/C41H78O2/c1-3-5-7-9-11-13-15-17-19-21-22-23-24-25-27-29-31-33-35-37-39-41(42)43-40-38-36-34-32-30-28-26-20-18-16-14-12-10-8-6-4-2/h12,14,18,20H,3-11,13,15-17,19,21-40H2,1-2H3/b14-12-,20-18-. The third-order valence-corrected chi connectivity index (χ3v) is 8.84. The minimum atomic E-state index is 0.0185. The van der Waals surface area contributed by atoms with Crippen molar-refractivity contribution >= 4 is 5.97 Å². The average Bonchev–Trinajstić information content (AvgIpc) is 3.01. The normalized spacial score (nSPS) is 11.8. The van der Waals surface area contributed by atoms with Gasteiger partial charge in [0.1, 0.15) is 0 Å². The Morgan fingerprint density at radius 2 is 0.721 bits per heavy atom. The summed E-state index contributed by atoms with van der Waals surface area (Å²) in [5.41, 5.74) is 0. The highest BCUT2D eigenvalue weighted by Crippen LogP contribution is 2.15. The van der Waals surface area contributed by atoms with E-state index in [1.54, 1.807) is 0 Å². The second-order valence-electron chi connectivity index (χ2n) is 13.3. The lowest BCUT2D eigenvalue weighted by Crippen LogP contribution is -2.05. The lowest BCUT2D eigenvalue weighted by molar-refractivity contribution is -0.143. The number of esters is 1. The smallest absolute Gasteiger partial charge is 0.305 e. The van der Waals surface area contributed by atoms with Crippen LogP contribution in [0, 0.1) is 0 Å². The predicted molar refractivity (Wildman–Crippen MR) is 193 cm³/mol. The highest BCUT2D eigenvalue weighted by molar-refractivity contribution is 5.69. The van der Waals surface area contributed by atoms with Crippen molar-refractivity contribution < 1.29 is 9.53 Å². The lowest BCUT2D eigenvalue weighted by Gasteiger charge is -2.05. The molecule has 0 fully saturated rings. The van der Waals surface area contributed by atoms with Gasteiger partial charge in [-0.1, -0.05) is 199 Å². The third kappa shape index (κ3) is 38.9. The SMILES string of the molecule is CCCCC/C=C\C/C=C\CCCCCCCCOC(=O)CCCCCCCCCCCCCCCCCCCCCC. The molecule has 0 saturated heterocycles. The van der Waals surface area contributed by atoms with Crippen molar-refractivity contribution in [2.45, 2.75) is 226 Å². The number of ether oxygens (including phenoxy) is 1. The van der Waals surface area contributed by atoms with Crippen LogP contribution in [0.3, 0.4) is 0 Å². The molecule has 0 heterocycles. The van der Waals surface area contributed by atoms with E-state index in [2.05, 4.69) is 38.2 Å². The molecule has 0 bridgehead atoms. The fraction of sp³-hybridized carbons (Fsp3) is 0.878. The second-order valence-corrected chi connectivity index (χ2v) is 13.3. The molecule has 0 spiro atoms. The summed E-state index contributed by atoms with van der Waals surface area (Å²) in [4.78, 5) is 12.0. The Kier molecular flexibility index (Phi) is 38.0. The minimum absolute atomic E-state index is 0.0185. The Hall–Kier alpha value is -1.05. The van der Waals surface area contributed by atoms with Gasteiger partial charge in [0.2, 0.25) is 0 Å². The number of hydrogen-bond donors (Lipinski definition) is 0. The van der Waals surface area contributed by atoms with Gasteiger partial charge in [0.15, 0.2) is 0 Å². The molecular weight excluding hydrogens is 524 g/mol. The van der Waals surface area contributed by atoms with E-state index in [-0.39, 0.29) is 5.97 Å². The Bertz CT molecular complexity index is 578. The first kappa shape index (κ1) is 42.0. The molecule has 43 heavy (non-hydrogen) atoms. The van der Waals surface area contributed by atoms with Gasteiger partial charge in [0, 0.05) is 6.42 Å². The van der Waals surface area contributed by atoms with Crippen molar-refractivity contribution in [3.05, 3.63) is 24.3 Å². The molecule has 0 aromatic heterocycles. The van der Waals surface area contributed by atoms with Gasteiger partial charge in [-0.05, 0) is 44.9 Å². The van der Waals surface area contributed by atoms with Crippen molar-refractivity contribution in [2.75, 3.05) is 6.61 Å². The maximum absolute atomic E-state index is 12.0. The molecule has 0 saturated carbocycles. The number of hydrogen-bond acceptors (Lipinski definition) is 2. The minimum Gasteiger partial charge on any atom is -0.466 e. The first-order chi connectivity index (χ1) is 21.3. The molecule has 0 radical (unpaired) electrons. The van der Waals surface area contributed by atoms with Gasteiger partial charge in [0.05, 0.1) is 6.61 Å². The summed E-state index contributed by atoms with van der Waals surface area (Å²) in [6.45, 7) is 5.17. The molecule has 0 N–H and O–H groups in total. The van der Waals surface area contributed by atoms with E-state index in [0.29, 0.717) is 13.0 Å². The van der Waals surface area contributed by atoms with Gasteiger partial charge in [-0.25, -0.2) is 0 Å². The van der Waals surface area contributed by atoms with E-state index in [1.807, 2.05) is 0 Å². The highest BCUT2D eigenvalue weighted by atomic mass is 16.5. The van der Waals surface area contributed by atoms with Crippen LogP contribution in [-0.2, 0) is 9.53 Å². The Morgan fingerprint density at radius 3 is 1.16 bits per heavy atom. The molecule has 0 atom stereocenters. The van der Waals surface area contributed by atoms with Gasteiger partial charge in [-0.3, -0.25) is 4.79 Å². The van der Waals surface area contributed by atoms with Crippen molar-refractivity contribution in [1.29, 1.82) is 0 Å². The van der Waals surface area contributed by atoms with Gasteiger partial charge in [-0.15, -0.1) is 0 Å². The maximum Gasteiger partial charge on any atom is 0.305 e. The van der Waals surface area contributed by atoms with Crippen molar-refractivity contribution in [2.24, 2.45) is 0 Å². The van der Waals surface area contributed by atoms with Crippen LogP contribution in [0.4, 0.5) is 0 Å². The number of rotatable bonds is 36.